The Morgan fingerprint density at radius 3 is 2.72 bits per heavy atom. The SMILES string of the molecule is CC(C)C1CCCC(Nc2cccc(Cl)c2)CC1. The van der Waals surface area contributed by atoms with Crippen LogP contribution in [0.25, 0.3) is 0 Å². The van der Waals surface area contributed by atoms with Crippen molar-refractivity contribution < 1.29 is 0 Å². The van der Waals surface area contributed by atoms with Crippen LogP contribution in [-0.4, -0.2) is 6.04 Å². The highest BCUT2D eigenvalue weighted by Crippen LogP contribution is 2.30. The summed E-state index contributed by atoms with van der Waals surface area (Å²) in [5, 5.41) is 4.45. The molecule has 0 heterocycles. The molecule has 2 unspecified atom stereocenters. The Balaban J connectivity index is 1.91. The highest BCUT2D eigenvalue weighted by Gasteiger charge is 2.20. The maximum absolute atomic E-state index is 6.02. The molecule has 0 spiro atoms. The van der Waals surface area contributed by atoms with Crippen molar-refractivity contribution in [2.24, 2.45) is 11.8 Å². The second kappa shape index (κ2) is 6.47. The van der Waals surface area contributed by atoms with E-state index in [1.165, 1.54) is 32.1 Å². The van der Waals surface area contributed by atoms with E-state index < -0.39 is 0 Å². The van der Waals surface area contributed by atoms with Crippen LogP contribution in [0.15, 0.2) is 24.3 Å². The highest BCUT2D eigenvalue weighted by molar-refractivity contribution is 6.30. The van der Waals surface area contributed by atoms with E-state index in [0.717, 1.165) is 22.5 Å². The summed E-state index contributed by atoms with van der Waals surface area (Å²) in [5.41, 5.74) is 1.16. The fourth-order valence-corrected chi connectivity index (χ4v) is 3.15. The Morgan fingerprint density at radius 1 is 1.17 bits per heavy atom. The fourth-order valence-electron chi connectivity index (χ4n) is 2.96. The van der Waals surface area contributed by atoms with Gasteiger partial charge in [-0.15, -0.1) is 0 Å². The molecule has 0 bridgehead atoms. The molecule has 0 radical (unpaired) electrons. The third kappa shape index (κ3) is 3.91. The van der Waals surface area contributed by atoms with Gasteiger partial charge in [0.1, 0.15) is 0 Å². The van der Waals surface area contributed by atoms with Crippen molar-refractivity contribution in [3.8, 4) is 0 Å². The van der Waals surface area contributed by atoms with E-state index in [9.17, 15) is 0 Å². The zero-order valence-electron chi connectivity index (χ0n) is 11.5. The standard InChI is InChI=1S/C16H24ClN/c1-12(2)13-5-3-7-15(10-9-13)18-16-8-4-6-14(17)11-16/h4,6,8,11-13,15,18H,3,5,7,9-10H2,1-2H3. The summed E-state index contributed by atoms with van der Waals surface area (Å²) in [6.45, 7) is 4.71. The number of nitrogens with one attached hydrogen (secondary N) is 1. The van der Waals surface area contributed by atoms with Gasteiger partial charge in [0.2, 0.25) is 0 Å². The smallest absolute Gasteiger partial charge is 0.0426 e. The molecule has 2 heteroatoms. The maximum Gasteiger partial charge on any atom is 0.0426 e. The molecule has 2 rings (SSSR count). The highest BCUT2D eigenvalue weighted by atomic mass is 35.5. The van der Waals surface area contributed by atoms with Crippen LogP contribution < -0.4 is 5.32 Å². The number of hydrogen-bond donors (Lipinski definition) is 1. The summed E-state index contributed by atoms with van der Waals surface area (Å²) in [7, 11) is 0. The van der Waals surface area contributed by atoms with E-state index >= 15 is 0 Å². The molecule has 100 valence electrons. The second-order valence-corrected chi connectivity index (χ2v) is 6.30. The van der Waals surface area contributed by atoms with E-state index in [2.05, 4.69) is 25.2 Å². The zero-order chi connectivity index (χ0) is 13.0. The van der Waals surface area contributed by atoms with Crippen LogP contribution in [-0.2, 0) is 0 Å². The lowest BCUT2D eigenvalue weighted by atomic mass is 9.89. The molecule has 1 aliphatic rings. The Morgan fingerprint density at radius 2 is 2.00 bits per heavy atom. The Labute approximate surface area is 116 Å². The first-order valence-corrected chi connectivity index (χ1v) is 7.55. The molecule has 1 N–H and O–H groups in total. The minimum atomic E-state index is 0.618. The van der Waals surface area contributed by atoms with Crippen LogP contribution in [0.1, 0.15) is 46.0 Å². The zero-order valence-corrected chi connectivity index (χ0v) is 12.2. The van der Waals surface area contributed by atoms with Crippen LogP contribution in [0.3, 0.4) is 0 Å². The summed E-state index contributed by atoms with van der Waals surface area (Å²) in [6.07, 6.45) is 6.67. The molecule has 1 saturated carbocycles. The molecule has 2 atom stereocenters. The second-order valence-electron chi connectivity index (χ2n) is 5.86. The molecular formula is C16H24ClN. The molecule has 0 saturated heterocycles. The number of rotatable bonds is 3. The van der Waals surface area contributed by atoms with Gasteiger partial charge in [0.25, 0.3) is 0 Å². The lowest BCUT2D eigenvalue weighted by Crippen LogP contribution is -2.18. The molecule has 0 aliphatic heterocycles. The molecule has 0 aromatic heterocycles. The van der Waals surface area contributed by atoms with Gasteiger partial charge in [-0.2, -0.15) is 0 Å². The first-order valence-electron chi connectivity index (χ1n) is 7.17. The van der Waals surface area contributed by atoms with Gasteiger partial charge in [-0.05, 0) is 49.3 Å². The Kier molecular flexibility index (Phi) is 4.94. The van der Waals surface area contributed by atoms with Crippen LogP contribution in [0, 0.1) is 11.8 Å². The predicted molar refractivity (Wildman–Crippen MR) is 80.3 cm³/mol. The summed E-state index contributed by atoms with van der Waals surface area (Å²) in [4.78, 5) is 0. The van der Waals surface area contributed by atoms with Gasteiger partial charge in [-0.3, -0.25) is 0 Å². The van der Waals surface area contributed by atoms with Crippen LogP contribution in [0.5, 0.6) is 0 Å². The minimum absolute atomic E-state index is 0.618. The Hall–Kier alpha value is -0.690. The number of benzene rings is 1. The lowest BCUT2D eigenvalue weighted by Gasteiger charge is -2.20. The molecule has 18 heavy (non-hydrogen) atoms. The third-order valence-corrected chi connectivity index (χ3v) is 4.39. The molecule has 1 aliphatic carbocycles. The largest absolute Gasteiger partial charge is 0.382 e. The van der Waals surface area contributed by atoms with Crippen molar-refractivity contribution in [2.45, 2.75) is 52.0 Å². The summed E-state index contributed by atoms with van der Waals surface area (Å²) in [6, 6.07) is 8.68. The van der Waals surface area contributed by atoms with E-state index in [0.29, 0.717) is 6.04 Å². The van der Waals surface area contributed by atoms with Gasteiger partial charge in [0, 0.05) is 16.8 Å². The van der Waals surface area contributed by atoms with Gasteiger partial charge in [-0.25, -0.2) is 0 Å². The van der Waals surface area contributed by atoms with Gasteiger partial charge in [-0.1, -0.05) is 44.4 Å². The van der Waals surface area contributed by atoms with Gasteiger partial charge >= 0.3 is 0 Å². The van der Waals surface area contributed by atoms with Crippen LogP contribution >= 0.6 is 11.6 Å². The molecule has 1 nitrogen and oxygen atoms in total. The van der Waals surface area contributed by atoms with Crippen LogP contribution in [0.2, 0.25) is 5.02 Å². The van der Waals surface area contributed by atoms with Crippen molar-refractivity contribution in [3.63, 3.8) is 0 Å². The van der Waals surface area contributed by atoms with Gasteiger partial charge in [0.05, 0.1) is 0 Å². The number of halogens is 1. The minimum Gasteiger partial charge on any atom is -0.382 e. The number of hydrogen-bond acceptors (Lipinski definition) is 1. The molecule has 0 amide bonds. The van der Waals surface area contributed by atoms with Crippen molar-refractivity contribution in [1.29, 1.82) is 0 Å². The van der Waals surface area contributed by atoms with Crippen molar-refractivity contribution in [1.82, 2.24) is 0 Å². The average Bonchev–Trinajstić information content (AvgIpc) is 2.55. The maximum atomic E-state index is 6.02. The molecule has 1 aromatic rings. The first kappa shape index (κ1) is 13.7. The normalized spacial score (nSPS) is 24.9. The van der Waals surface area contributed by atoms with E-state index in [4.69, 9.17) is 11.6 Å². The molecule has 1 fully saturated rings. The summed E-state index contributed by atoms with van der Waals surface area (Å²) in [5.74, 6) is 1.74. The third-order valence-electron chi connectivity index (χ3n) is 4.15. The fraction of sp³-hybridized carbons (Fsp3) is 0.625. The predicted octanol–water partition coefficient (Wildman–Crippen LogP) is 5.36. The van der Waals surface area contributed by atoms with Crippen LogP contribution in [0.4, 0.5) is 5.69 Å². The quantitative estimate of drug-likeness (QED) is 0.726. The topological polar surface area (TPSA) is 12.0 Å². The van der Waals surface area contributed by atoms with Crippen molar-refractivity contribution >= 4 is 17.3 Å². The van der Waals surface area contributed by atoms with E-state index in [1.807, 2.05) is 18.2 Å². The Bertz CT molecular complexity index is 375. The average molecular weight is 266 g/mol. The van der Waals surface area contributed by atoms with E-state index in [1.54, 1.807) is 0 Å². The van der Waals surface area contributed by atoms with Crippen molar-refractivity contribution in [3.05, 3.63) is 29.3 Å². The van der Waals surface area contributed by atoms with Gasteiger partial charge < -0.3 is 5.32 Å². The number of anilines is 1. The monoisotopic (exact) mass is 265 g/mol. The molecular weight excluding hydrogens is 242 g/mol. The first-order chi connectivity index (χ1) is 8.65. The summed E-state index contributed by atoms with van der Waals surface area (Å²) >= 11 is 6.02. The van der Waals surface area contributed by atoms with Gasteiger partial charge in [0.15, 0.2) is 0 Å². The van der Waals surface area contributed by atoms with E-state index in [-0.39, 0.29) is 0 Å². The van der Waals surface area contributed by atoms with Crippen molar-refractivity contribution in [2.75, 3.05) is 5.32 Å². The lowest BCUT2D eigenvalue weighted by molar-refractivity contribution is 0.341. The molecule has 1 aromatic carbocycles. The summed E-state index contributed by atoms with van der Waals surface area (Å²) < 4.78 is 0.